The van der Waals surface area contributed by atoms with E-state index in [1.807, 2.05) is 0 Å². The summed E-state index contributed by atoms with van der Waals surface area (Å²) in [5.74, 6) is 0.588. The first-order valence-corrected chi connectivity index (χ1v) is 5.19. The van der Waals surface area contributed by atoms with Crippen molar-refractivity contribution in [1.82, 2.24) is 10.1 Å². The third-order valence-corrected chi connectivity index (χ3v) is 3.01. The van der Waals surface area contributed by atoms with Crippen LogP contribution in [0.4, 0.5) is 0 Å². The van der Waals surface area contributed by atoms with Crippen molar-refractivity contribution in [3.8, 4) is 0 Å². The van der Waals surface area contributed by atoms with Crippen molar-refractivity contribution >= 4 is 11.6 Å². The molecule has 0 amide bonds. The number of hydrogen-bond acceptors (Lipinski definition) is 4. The van der Waals surface area contributed by atoms with Gasteiger partial charge < -0.3 is 9.26 Å². The third-order valence-electron chi connectivity index (χ3n) is 2.86. The van der Waals surface area contributed by atoms with Gasteiger partial charge in [0, 0.05) is 7.11 Å². The normalized spacial score (nSPS) is 21.0. The molecule has 14 heavy (non-hydrogen) atoms. The van der Waals surface area contributed by atoms with Crippen molar-refractivity contribution < 1.29 is 9.26 Å². The van der Waals surface area contributed by atoms with Gasteiger partial charge in [0.25, 0.3) is 0 Å². The van der Waals surface area contributed by atoms with Gasteiger partial charge in [-0.05, 0) is 24.4 Å². The van der Waals surface area contributed by atoms with E-state index in [0.717, 1.165) is 25.7 Å². The molecule has 5 heteroatoms. The Labute approximate surface area is 87.6 Å². The van der Waals surface area contributed by atoms with E-state index in [0.29, 0.717) is 5.82 Å². The molecule has 0 atom stereocenters. The highest BCUT2D eigenvalue weighted by Gasteiger charge is 2.38. The molecular formula is C9H13ClN2O2. The first-order valence-electron chi connectivity index (χ1n) is 4.82. The lowest BCUT2D eigenvalue weighted by atomic mass is 9.84. The number of ether oxygens (including phenoxy) is 1. The van der Waals surface area contributed by atoms with Crippen LogP contribution in [0.3, 0.4) is 0 Å². The van der Waals surface area contributed by atoms with Gasteiger partial charge >= 0.3 is 5.35 Å². The lowest BCUT2D eigenvalue weighted by Crippen LogP contribution is -2.32. The average Bonchev–Trinajstić information content (AvgIpc) is 2.66. The van der Waals surface area contributed by atoms with Crippen LogP contribution >= 0.6 is 11.6 Å². The van der Waals surface area contributed by atoms with Gasteiger partial charge in [-0.15, -0.1) is 0 Å². The zero-order chi connectivity index (χ0) is 10.0. The summed E-state index contributed by atoms with van der Waals surface area (Å²) in [5, 5.41) is 3.92. The molecular weight excluding hydrogens is 204 g/mol. The molecule has 0 bridgehead atoms. The van der Waals surface area contributed by atoms with Gasteiger partial charge in [0.05, 0.1) is 0 Å². The highest BCUT2D eigenvalue weighted by Crippen LogP contribution is 2.38. The Morgan fingerprint density at radius 3 is 2.57 bits per heavy atom. The molecule has 0 unspecified atom stereocenters. The number of halogens is 1. The van der Waals surface area contributed by atoms with E-state index in [9.17, 15) is 0 Å². The highest BCUT2D eigenvalue weighted by molar-refractivity contribution is 6.27. The van der Waals surface area contributed by atoms with Crippen LogP contribution in [0, 0.1) is 0 Å². The Bertz CT molecular complexity index is 308. The van der Waals surface area contributed by atoms with Crippen molar-refractivity contribution in [1.29, 1.82) is 0 Å². The van der Waals surface area contributed by atoms with Crippen LogP contribution in [0.5, 0.6) is 0 Å². The molecule has 0 N–H and O–H groups in total. The first-order chi connectivity index (χ1) is 6.77. The first kappa shape index (κ1) is 9.93. The summed E-state index contributed by atoms with van der Waals surface area (Å²) in [7, 11) is 1.69. The lowest BCUT2D eigenvalue weighted by molar-refractivity contribution is -0.0527. The summed E-state index contributed by atoms with van der Waals surface area (Å²) in [6.45, 7) is 0. The summed E-state index contributed by atoms with van der Waals surface area (Å²) in [6, 6.07) is 0. The fourth-order valence-corrected chi connectivity index (χ4v) is 2.15. The second-order valence-electron chi connectivity index (χ2n) is 3.63. The van der Waals surface area contributed by atoms with Crippen molar-refractivity contribution in [2.45, 2.75) is 37.7 Å². The number of rotatable bonds is 2. The molecule has 1 aliphatic rings. The fourth-order valence-electron chi connectivity index (χ4n) is 2.03. The zero-order valence-corrected chi connectivity index (χ0v) is 8.88. The van der Waals surface area contributed by atoms with Gasteiger partial charge in [-0.2, -0.15) is 4.98 Å². The molecule has 4 nitrogen and oxygen atoms in total. The van der Waals surface area contributed by atoms with E-state index in [-0.39, 0.29) is 11.0 Å². The molecule has 0 saturated heterocycles. The van der Waals surface area contributed by atoms with Gasteiger partial charge in [-0.25, -0.2) is 0 Å². The maximum atomic E-state index is 5.60. The molecule has 1 saturated carbocycles. The van der Waals surface area contributed by atoms with Gasteiger partial charge in [0.1, 0.15) is 5.60 Å². The van der Waals surface area contributed by atoms with Gasteiger partial charge in [0.2, 0.25) is 5.82 Å². The van der Waals surface area contributed by atoms with E-state index in [2.05, 4.69) is 10.1 Å². The molecule has 1 heterocycles. The fraction of sp³-hybridized carbons (Fsp3) is 0.778. The van der Waals surface area contributed by atoms with E-state index in [1.165, 1.54) is 6.42 Å². The van der Waals surface area contributed by atoms with Crippen LogP contribution in [0.15, 0.2) is 4.52 Å². The standard InChI is InChI=1S/C9H13ClN2O2/c1-13-9(5-3-2-4-6-9)7-11-8(10)14-12-7/h2-6H2,1H3. The van der Waals surface area contributed by atoms with Gasteiger partial charge in [-0.3, -0.25) is 0 Å². The molecule has 0 aromatic carbocycles. The Morgan fingerprint density at radius 1 is 1.36 bits per heavy atom. The van der Waals surface area contributed by atoms with Gasteiger partial charge in [0.15, 0.2) is 0 Å². The largest absolute Gasteiger partial charge is 0.370 e. The van der Waals surface area contributed by atoms with E-state index in [1.54, 1.807) is 7.11 Å². The molecule has 1 aromatic heterocycles. The van der Waals surface area contributed by atoms with E-state index < -0.39 is 0 Å². The summed E-state index contributed by atoms with van der Waals surface area (Å²) in [6.07, 6.45) is 5.41. The molecule has 0 radical (unpaired) electrons. The second kappa shape index (κ2) is 3.87. The molecule has 1 aliphatic carbocycles. The molecule has 0 spiro atoms. The maximum Gasteiger partial charge on any atom is 0.320 e. The third kappa shape index (κ3) is 1.64. The van der Waals surface area contributed by atoms with Crippen LogP contribution in [-0.4, -0.2) is 17.3 Å². The highest BCUT2D eigenvalue weighted by atomic mass is 35.5. The lowest BCUT2D eigenvalue weighted by Gasteiger charge is -2.32. The van der Waals surface area contributed by atoms with Crippen molar-refractivity contribution in [3.05, 3.63) is 11.2 Å². The topological polar surface area (TPSA) is 48.2 Å². The Balaban J connectivity index is 2.26. The minimum Gasteiger partial charge on any atom is -0.370 e. The number of methoxy groups -OCH3 is 1. The smallest absolute Gasteiger partial charge is 0.320 e. The number of nitrogens with zero attached hydrogens (tertiary/aromatic N) is 2. The van der Waals surface area contributed by atoms with Crippen molar-refractivity contribution in [2.24, 2.45) is 0 Å². The second-order valence-corrected chi connectivity index (χ2v) is 3.95. The Hall–Kier alpha value is -0.610. The Kier molecular flexibility index (Phi) is 2.74. The minimum absolute atomic E-state index is 0.0852. The summed E-state index contributed by atoms with van der Waals surface area (Å²) in [4.78, 5) is 4.04. The predicted octanol–water partition coefficient (Wildman–Crippen LogP) is 2.53. The van der Waals surface area contributed by atoms with Crippen LogP contribution in [0.2, 0.25) is 5.35 Å². The molecule has 2 rings (SSSR count). The average molecular weight is 217 g/mol. The molecule has 0 aliphatic heterocycles. The molecule has 78 valence electrons. The SMILES string of the molecule is COC1(c2noc(Cl)n2)CCCCC1. The predicted molar refractivity (Wildman–Crippen MR) is 51.1 cm³/mol. The zero-order valence-electron chi connectivity index (χ0n) is 8.12. The van der Waals surface area contributed by atoms with Crippen LogP contribution in [0.1, 0.15) is 37.9 Å². The molecule has 1 fully saturated rings. The summed E-state index contributed by atoms with van der Waals surface area (Å²) >= 11 is 5.60. The van der Waals surface area contributed by atoms with E-state index in [4.69, 9.17) is 20.9 Å². The van der Waals surface area contributed by atoms with Crippen LogP contribution in [0.25, 0.3) is 0 Å². The summed E-state index contributed by atoms with van der Waals surface area (Å²) in [5.41, 5.74) is -0.366. The number of hydrogen-bond donors (Lipinski definition) is 0. The Morgan fingerprint density at radius 2 is 2.07 bits per heavy atom. The minimum atomic E-state index is -0.366. The monoisotopic (exact) mass is 216 g/mol. The summed E-state index contributed by atoms with van der Waals surface area (Å²) < 4.78 is 10.3. The van der Waals surface area contributed by atoms with Crippen LogP contribution in [-0.2, 0) is 10.3 Å². The maximum absolute atomic E-state index is 5.60. The quantitative estimate of drug-likeness (QED) is 0.762. The van der Waals surface area contributed by atoms with E-state index >= 15 is 0 Å². The van der Waals surface area contributed by atoms with Crippen molar-refractivity contribution in [2.75, 3.05) is 7.11 Å². The van der Waals surface area contributed by atoms with Gasteiger partial charge in [-0.1, -0.05) is 24.4 Å². The molecule has 1 aromatic rings. The number of aromatic nitrogens is 2. The van der Waals surface area contributed by atoms with Crippen molar-refractivity contribution in [3.63, 3.8) is 0 Å². The van der Waals surface area contributed by atoms with Crippen LogP contribution < -0.4 is 0 Å².